The standard InChI is InChI=1S/C26H34N4O3S2/c1-6-9-30(19(2)3)26(34)28-10-12-29(13-11-28)35(31,32)25-17-22(18-27)7-8-24(25)33-23-15-20(4)14-21(5)16-23/h7-8,14-17,19H,6,9-13H2,1-5H3. The number of hydrogen-bond donors (Lipinski definition) is 0. The highest BCUT2D eigenvalue weighted by molar-refractivity contribution is 7.89. The summed E-state index contributed by atoms with van der Waals surface area (Å²) < 4.78 is 34.9. The van der Waals surface area contributed by atoms with Crippen LogP contribution in [0.25, 0.3) is 0 Å². The van der Waals surface area contributed by atoms with Crippen LogP contribution < -0.4 is 4.74 Å². The molecule has 188 valence electrons. The van der Waals surface area contributed by atoms with Gasteiger partial charge in [0.25, 0.3) is 0 Å². The van der Waals surface area contributed by atoms with Gasteiger partial charge in [-0.25, -0.2) is 8.42 Å². The van der Waals surface area contributed by atoms with Crippen molar-refractivity contribution in [2.75, 3.05) is 32.7 Å². The molecule has 3 rings (SSSR count). The number of ether oxygens (including phenoxy) is 1. The number of aryl methyl sites for hydroxylation is 2. The quantitative estimate of drug-likeness (QED) is 0.497. The molecule has 0 atom stereocenters. The number of benzene rings is 2. The molecular weight excluding hydrogens is 480 g/mol. The summed E-state index contributed by atoms with van der Waals surface area (Å²) in [4.78, 5) is 4.27. The summed E-state index contributed by atoms with van der Waals surface area (Å²) in [6, 6.07) is 12.6. The van der Waals surface area contributed by atoms with Crippen molar-refractivity contribution in [1.82, 2.24) is 14.1 Å². The van der Waals surface area contributed by atoms with E-state index in [1.165, 1.54) is 10.4 Å². The fraction of sp³-hybridized carbons (Fsp3) is 0.462. The largest absolute Gasteiger partial charge is 0.456 e. The van der Waals surface area contributed by atoms with Crippen LogP contribution >= 0.6 is 12.2 Å². The van der Waals surface area contributed by atoms with Crippen LogP contribution in [0.15, 0.2) is 41.3 Å². The molecule has 0 N–H and O–H groups in total. The summed E-state index contributed by atoms with van der Waals surface area (Å²) in [5, 5.41) is 10.2. The zero-order valence-corrected chi connectivity index (χ0v) is 22.7. The number of nitriles is 1. The summed E-state index contributed by atoms with van der Waals surface area (Å²) in [6.07, 6.45) is 0.991. The van der Waals surface area contributed by atoms with Gasteiger partial charge in [-0.1, -0.05) is 13.0 Å². The van der Waals surface area contributed by atoms with E-state index >= 15 is 0 Å². The molecule has 1 aliphatic rings. The Bertz CT molecular complexity index is 1190. The van der Waals surface area contributed by atoms with Gasteiger partial charge in [0, 0.05) is 38.8 Å². The second-order valence-corrected chi connectivity index (χ2v) is 11.4. The SMILES string of the molecule is CCCN(C(=S)N1CCN(S(=O)(=O)c2cc(C#N)ccc2Oc2cc(C)cc(C)c2)CC1)C(C)C. The number of thiocarbonyl (C=S) groups is 1. The van der Waals surface area contributed by atoms with Crippen LogP contribution in [0, 0.1) is 25.2 Å². The average Bonchev–Trinajstić information content (AvgIpc) is 2.81. The molecule has 35 heavy (non-hydrogen) atoms. The maximum atomic E-state index is 13.7. The molecule has 1 fully saturated rings. The molecule has 0 aromatic heterocycles. The normalized spacial score (nSPS) is 14.6. The molecule has 0 spiro atoms. The Kier molecular flexibility index (Phi) is 8.75. The van der Waals surface area contributed by atoms with E-state index in [-0.39, 0.29) is 22.3 Å². The molecule has 0 amide bonds. The second-order valence-electron chi connectivity index (χ2n) is 9.16. The van der Waals surface area contributed by atoms with Crippen LogP contribution in [0.1, 0.15) is 43.9 Å². The summed E-state index contributed by atoms with van der Waals surface area (Å²) in [5.41, 5.74) is 2.30. The van der Waals surface area contributed by atoms with Gasteiger partial charge in [0.2, 0.25) is 10.0 Å². The average molecular weight is 515 g/mol. The Morgan fingerprint density at radius 2 is 1.74 bits per heavy atom. The molecular formula is C26H34N4O3S2. The molecule has 2 aromatic carbocycles. The van der Waals surface area contributed by atoms with Gasteiger partial charge >= 0.3 is 0 Å². The summed E-state index contributed by atoms with van der Waals surface area (Å²) in [6.45, 7) is 12.8. The monoisotopic (exact) mass is 514 g/mol. The van der Waals surface area contributed by atoms with E-state index in [1.54, 1.807) is 12.1 Å². The highest BCUT2D eigenvalue weighted by atomic mass is 32.2. The van der Waals surface area contributed by atoms with Gasteiger partial charge in [-0.3, -0.25) is 0 Å². The van der Waals surface area contributed by atoms with E-state index in [9.17, 15) is 13.7 Å². The topological polar surface area (TPSA) is 76.9 Å². The third-order valence-electron chi connectivity index (χ3n) is 5.96. The summed E-state index contributed by atoms with van der Waals surface area (Å²) >= 11 is 5.74. The maximum absolute atomic E-state index is 13.7. The van der Waals surface area contributed by atoms with Crippen molar-refractivity contribution in [3.8, 4) is 17.6 Å². The first-order valence-electron chi connectivity index (χ1n) is 11.9. The van der Waals surface area contributed by atoms with Gasteiger partial charge in [0.15, 0.2) is 5.11 Å². The van der Waals surface area contributed by atoms with E-state index in [1.807, 2.05) is 38.1 Å². The van der Waals surface area contributed by atoms with Crippen molar-refractivity contribution >= 4 is 27.4 Å². The lowest BCUT2D eigenvalue weighted by Gasteiger charge is -2.40. The van der Waals surface area contributed by atoms with E-state index in [0.717, 1.165) is 29.2 Å². The smallest absolute Gasteiger partial charge is 0.246 e. The first-order valence-corrected chi connectivity index (χ1v) is 13.8. The van der Waals surface area contributed by atoms with Crippen LogP contribution in [0.4, 0.5) is 0 Å². The third-order valence-corrected chi connectivity index (χ3v) is 8.37. The van der Waals surface area contributed by atoms with Crippen molar-refractivity contribution < 1.29 is 13.2 Å². The molecule has 0 bridgehead atoms. The molecule has 0 aliphatic carbocycles. The van der Waals surface area contributed by atoms with Crippen LogP contribution in [0.3, 0.4) is 0 Å². The third kappa shape index (κ3) is 6.31. The Hall–Kier alpha value is -2.67. The van der Waals surface area contributed by atoms with Gasteiger partial charge < -0.3 is 14.5 Å². The zero-order valence-electron chi connectivity index (χ0n) is 21.1. The number of rotatable bonds is 7. The Labute approximate surface area is 214 Å². The number of nitrogens with zero attached hydrogens (tertiary/aromatic N) is 4. The molecule has 2 aromatic rings. The summed E-state index contributed by atoms with van der Waals surface area (Å²) in [5.74, 6) is 0.768. The van der Waals surface area contributed by atoms with Gasteiger partial charge in [-0.05, 0) is 87.8 Å². The number of hydrogen-bond acceptors (Lipinski definition) is 5. The zero-order chi connectivity index (χ0) is 25.8. The Balaban J connectivity index is 1.84. The maximum Gasteiger partial charge on any atom is 0.246 e. The molecule has 1 aliphatic heterocycles. The van der Waals surface area contributed by atoms with Gasteiger partial charge in [0.05, 0.1) is 11.6 Å². The van der Waals surface area contributed by atoms with Gasteiger partial charge in [0.1, 0.15) is 16.4 Å². The highest BCUT2D eigenvalue weighted by Gasteiger charge is 2.33. The van der Waals surface area contributed by atoms with E-state index in [4.69, 9.17) is 17.0 Å². The highest BCUT2D eigenvalue weighted by Crippen LogP contribution is 2.33. The molecule has 0 saturated carbocycles. The fourth-order valence-corrected chi connectivity index (χ4v) is 6.29. The van der Waals surface area contributed by atoms with E-state index in [2.05, 4.69) is 30.6 Å². The fourth-order valence-electron chi connectivity index (χ4n) is 4.24. The molecule has 1 heterocycles. The minimum absolute atomic E-state index is 0.00141. The molecule has 1 saturated heterocycles. The van der Waals surface area contributed by atoms with Crippen LogP contribution in [0.2, 0.25) is 0 Å². The Morgan fingerprint density at radius 1 is 1.11 bits per heavy atom. The van der Waals surface area contributed by atoms with Gasteiger partial charge in [-0.15, -0.1) is 0 Å². The van der Waals surface area contributed by atoms with Crippen molar-refractivity contribution in [2.45, 2.75) is 52.0 Å². The van der Waals surface area contributed by atoms with Crippen LogP contribution in [-0.2, 0) is 10.0 Å². The van der Waals surface area contributed by atoms with Gasteiger partial charge in [-0.2, -0.15) is 9.57 Å². The van der Waals surface area contributed by atoms with Crippen molar-refractivity contribution in [3.63, 3.8) is 0 Å². The molecule has 9 heteroatoms. The summed E-state index contributed by atoms with van der Waals surface area (Å²) in [7, 11) is -3.89. The van der Waals surface area contributed by atoms with E-state index in [0.29, 0.717) is 31.9 Å². The van der Waals surface area contributed by atoms with Crippen LogP contribution in [0.5, 0.6) is 11.5 Å². The number of sulfonamides is 1. The van der Waals surface area contributed by atoms with Crippen molar-refractivity contribution in [2.24, 2.45) is 0 Å². The lowest BCUT2D eigenvalue weighted by Crippen LogP contribution is -2.55. The number of piperazine rings is 1. The second kappa shape index (κ2) is 11.4. The first-order chi connectivity index (χ1) is 16.6. The van der Waals surface area contributed by atoms with E-state index < -0.39 is 10.0 Å². The molecule has 7 nitrogen and oxygen atoms in total. The molecule has 0 unspecified atom stereocenters. The van der Waals surface area contributed by atoms with Crippen molar-refractivity contribution in [3.05, 3.63) is 53.1 Å². The molecule has 0 radical (unpaired) electrons. The predicted octanol–water partition coefficient (Wildman–Crippen LogP) is 4.68. The minimum atomic E-state index is -3.89. The Morgan fingerprint density at radius 3 is 2.29 bits per heavy atom. The first kappa shape index (κ1) is 26.9. The lowest BCUT2D eigenvalue weighted by molar-refractivity contribution is 0.229. The van der Waals surface area contributed by atoms with Crippen molar-refractivity contribution in [1.29, 1.82) is 5.26 Å². The minimum Gasteiger partial charge on any atom is -0.456 e. The lowest BCUT2D eigenvalue weighted by atomic mass is 10.1. The predicted molar refractivity (Wildman–Crippen MR) is 142 cm³/mol. The van der Waals surface area contributed by atoms with Crippen LogP contribution in [-0.4, -0.2) is 66.4 Å².